The zero-order valence-corrected chi connectivity index (χ0v) is 9.51. The van der Waals surface area contributed by atoms with Crippen molar-refractivity contribution >= 4 is 11.5 Å². The third-order valence-corrected chi connectivity index (χ3v) is 2.16. The van der Waals surface area contributed by atoms with Crippen molar-refractivity contribution in [3.8, 4) is 5.75 Å². The molecule has 0 bridgehead atoms. The number of hydrogen-bond acceptors (Lipinski definition) is 4. The number of carbonyl (C=O) groups excluding carboxylic acids is 1. The molecule has 0 unspecified atom stereocenters. The summed E-state index contributed by atoms with van der Waals surface area (Å²) >= 11 is 0. The van der Waals surface area contributed by atoms with Crippen LogP contribution in [0.1, 0.15) is 23.7 Å². The van der Waals surface area contributed by atoms with Gasteiger partial charge in [0.1, 0.15) is 6.61 Å². The predicted octanol–water partition coefficient (Wildman–Crippen LogP) is 2.75. The van der Waals surface area contributed by atoms with Crippen molar-refractivity contribution in [2.24, 2.45) is 0 Å². The predicted molar refractivity (Wildman–Crippen MR) is 63.4 cm³/mol. The number of benzene rings is 1. The summed E-state index contributed by atoms with van der Waals surface area (Å²) in [6, 6.07) is 4.20. The van der Waals surface area contributed by atoms with Crippen LogP contribution >= 0.6 is 0 Å². The minimum Gasteiger partial charge on any atom is -0.483 e. The van der Waals surface area contributed by atoms with Crippen LogP contribution in [0.2, 0.25) is 0 Å². The summed E-state index contributed by atoms with van der Waals surface area (Å²) in [5.74, 6) is 0.00548. The molecule has 5 nitrogen and oxygen atoms in total. The molecule has 0 amide bonds. The van der Waals surface area contributed by atoms with E-state index in [0.717, 1.165) is 0 Å². The summed E-state index contributed by atoms with van der Waals surface area (Å²) in [5.41, 5.74) is 0.122. The van der Waals surface area contributed by atoms with Gasteiger partial charge in [0.05, 0.1) is 4.92 Å². The molecular weight excluding hydrogens is 222 g/mol. The fraction of sp³-hybridized carbons (Fsp3) is 0.250. The Morgan fingerprint density at radius 3 is 2.82 bits per heavy atom. The van der Waals surface area contributed by atoms with Crippen molar-refractivity contribution in [1.82, 2.24) is 0 Å². The SMILES string of the molecule is C=CCOc1ccc(C(=O)CC)cc1[N+](=O)[O-]. The molecule has 5 heteroatoms. The summed E-state index contributed by atoms with van der Waals surface area (Å²) in [4.78, 5) is 21.7. The van der Waals surface area contributed by atoms with Crippen molar-refractivity contribution in [3.63, 3.8) is 0 Å². The summed E-state index contributed by atoms with van der Waals surface area (Å²) in [6.07, 6.45) is 1.80. The summed E-state index contributed by atoms with van der Waals surface area (Å²) in [6.45, 7) is 5.35. The molecule has 1 aromatic carbocycles. The van der Waals surface area contributed by atoms with Gasteiger partial charge in [0.15, 0.2) is 11.5 Å². The number of nitro benzene ring substituents is 1. The highest BCUT2D eigenvalue weighted by Crippen LogP contribution is 2.28. The maximum absolute atomic E-state index is 11.4. The lowest BCUT2D eigenvalue weighted by Crippen LogP contribution is -2.02. The second-order valence-corrected chi connectivity index (χ2v) is 3.32. The maximum atomic E-state index is 11.4. The van der Waals surface area contributed by atoms with Gasteiger partial charge in [-0.25, -0.2) is 0 Å². The lowest BCUT2D eigenvalue weighted by atomic mass is 10.1. The third-order valence-electron chi connectivity index (χ3n) is 2.16. The van der Waals surface area contributed by atoms with E-state index in [1.54, 1.807) is 6.92 Å². The molecule has 1 rings (SSSR count). The number of nitrogens with zero attached hydrogens (tertiary/aromatic N) is 1. The van der Waals surface area contributed by atoms with Crippen LogP contribution in [0.5, 0.6) is 5.75 Å². The molecule has 0 saturated carbocycles. The monoisotopic (exact) mass is 235 g/mol. The lowest BCUT2D eigenvalue weighted by Gasteiger charge is -2.05. The van der Waals surface area contributed by atoms with Crippen molar-refractivity contribution in [1.29, 1.82) is 0 Å². The number of Topliss-reactive ketones (excluding diaryl/α,β-unsaturated/α-hetero) is 1. The Morgan fingerprint density at radius 2 is 2.29 bits per heavy atom. The van der Waals surface area contributed by atoms with Gasteiger partial charge in [0.2, 0.25) is 0 Å². The van der Waals surface area contributed by atoms with E-state index in [-0.39, 0.29) is 23.8 Å². The minimum atomic E-state index is -0.565. The number of rotatable bonds is 6. The molecule has 90 valence electrons. The van der Waals surface area contributed by atoms with E-state index in [1.807, 2.05) is 0 Å². The van der Waals surface area contributed by atoms with Gasteiger partial charge in [0.25, 0.3) is 0 Å². The standard InChI is InChI=1S/C12H13NO4/c1-3-7-17-12-6-5-9(11(14)4-2)8-10(12)13(15)16/h3,5-6,8H,1,4,7H2,2H3. The van der Waals surface area contributed by atoms with E-state index < -0.39 is 4.92 Å². The largest absolute Gasteiger partial charge is 0.483 e. The second-order valence-electron chi connectivity index (χ2n) is 3.32. The van der Waals surface area contributed by atoms with Gasteiger partial charge in [-0.3, -0.25) is 14.9 Å². The van der Waals surface area contributed by atoms with E-state index in [2.05, 4.69) is 6.58 Å². The first-order valence-corrected chi connectivity index (χ1v) is 5.15. The van der Waals surface area contributed by atoms with Gasteiger partial charge in [-0.15, -0.1) is 0 Å². The van der Waals surface area contributed by atoms with Crippen LogP contribution in [-0.2, 0) is 0 Å². The average Bonchev–Trinajstić information content (AvgIpc) is 2.35. The quantitative estimate of drug-likeness (QED) is 0.329. The van der Waals surface area contributed by atoms with Gasteiger partial charge < -0.3 is 4.74 Å². The van der Waals surface area contributed by atoms with E-state index >= 15 is 0 Å². The molecule has 0 saturated heterocycles. The van der Waals surface area contributed by atoms with Crippen LogP contribution in [0.15, 0.2) is 30.9 Å². The average molecular weight is 235 g/mol. The zero-order chi connectivity index (χ0) is 12.8. The van der Waals surface area contributed by atoms with Crippen molar-refractivity contribution in [3.05, 3.63) is 46.5 Å². The zero-order valence-electron chi connectivity index (χ0n) is 9.51. The molecule has 0 radical (unpaired) electrons. The fourth-order valence-electron chi connectivity index (χ4n) is 1.31. The van der Waals surface area contributed by atoms with E-state index in [0.29, 0.717) is 12.0 Å². The summed E-state index contributed by atoms with van der Waals surface area (Å²) < 4.78 is 5.14. The Morgan fingerprint density at radius 1 is 1.59 bits per heavy atom. The Labute approximate surface area is 98.9 Å². The van der Waals surface area contributed by atoms with Crippen LogP contribution in [0.3, 0.4) is 0 Å². The van der Waals surface area contributed by atoms with E-state index in [4.69, 9.17) is 4.74 Å². The number of nitro groups is 1. The third kappa shape index (κ3) is 3.14. The van der Waals surface area contributed by atoms with Crippen LogP contribution in [-0.4, -0.2) is 17.3 Å². The highest BCUT2D eigenvalue weighted by Gasteiger charge is 2.17. The molecule has 0 spiro atoms. The van der Waals surface area contributed by atoms with Gasteiger partial charge in [-0.1, -0.05) is 19.6 Å². The first-order chi connectivity index (χ1) is 8.10. The highest BCUT2D eigenvalue weighted by atomic mass is 16.6. The second kappa shape index (κ2) is 5.79. The minimum absolute atomic E-state index is 0.136. The molecule has 0 heterocycles. The van der Waals surface area contributed by atoms with Gasteiger partial charge in [-0.2, -0.15) is 0 Å². The molecule has 0 atom stereocenters. The number of ketones is 1. The maximum Gasteiger partial charge on any atom is 0.311 e. The van der Waals surface area contributed by atoms with Crippen molar-refractivity contribution < 1.29 is 14.5 Å². The molecule has 0 aliphatic heterocycles. The van der Waals surface area contributed by atoms with E-state index in [1.165, 1.54) is 24.3 Å². The normalized spacial score (nSPS) is 9.71. The number of ether oxygens (including phenoxy) is 1. The topological polar surface area (TPSA) is 69.4 Å². The lowest BCUT2D eigenvalue weighted by molar-refractivity contribution is -0.385. The fourth-order valence-corrected chi connectivity index (χ4v) is 1.31. The molecule has 0 aromatic heterocycles. The smallest absolute Gasteiger partial charge is 0.311 e. The molecule has 0 aliphatic rings. The Bertz CT molecular complexity index is 454. The van der Waals surface area contributed by atoms with Crippen LogP contribution in [0.4, 0.5) is 5.69 Å². The molecule has 17 heavy (non-hydrogen) atoms. The highest BCUT2D eigenvalue weighted by molar-refractivity contribution is 5.96. The molecular formula is C12H13NO4. The van der Waals surface area contributed by atoms with Gasteiger partial charge in [0, 0.05) is 18.1 Å². The van der Waals surface area contributed by atoms with Gasteiger partial charge in [-0.05, 0) is 12.1 Å². The first kappa shape index (κ1) is 12.9. The Hall–Kier alpha value is -2.17. The molecule has 0 N–H and O–H groups in total. The Kier molecular flexibility index (Phi) is 4.39. The Balaban J connectivity index is 3.12. The van der Waals surface area contributed by atoms with Crippen molar-refractivity contribution in [2.75, 3.05) is 6.61 Å². The number of carbonyl (C=O) groups is 1. The molecule has 0 fully saturated rings. The van der Waals surface area contributed by atoms with Crippen LogP contribution < -0.4 is 4.74 Å². The van der Waals surface area contributed by atoms with Crippen molar-refractivity contribution in [2.45, 2.75) is 13.3 Å². The van der Waals surface area contributed by atoms with Gasteiger partial charge >= 0.3 is 5.69 Å². The summed E-state index contributed by atoms with van der Waals surface area (Å²) in [7, 11) is 0. The number of hydrogen-bond donors (Lipinski definition) is 0. The molecule has 0 aliphatic carbocycles. The summed E-state index contributed by atoms with van der Waals surface area (Å²) in [5, 5.41) is 10.8. The van der Waals surface area contributed by atoms with Crippen LogP contribution in [0.25, 0.3) is 0 Å². The first-order valence-electron chi connectivity index (χ1n) is 5.15. The van der Waals surface area contributed by atoms with E-state index in [9.17, 15) is 14.9 Å². The van der Waals surface area contributed by atoms with Crippen LogP contribution in [0, 0.1) is 10.1 Å². The molecule has 1 aromatic rings.